The van der Waals surface area contributed by atoms with Crippen molar-refractivity contribution in [3.05, 3.63) is 89.5 Å². The Morgan fingerprint density at radius 1 is 0.930 bits per heavy atom. The second kappa shape index (κ2) is 14.2. The molecular formula is C36H42N2O5. The smallest absolute Gasteiger partial charge is 0.337 e. The zero-order valence-corrected chi connectivity index (χ0v) is 25.1. The molecule has 0 bridgehead atoms. The lowest BCUT2D eigenvalue weighted by atomic mass is 9.81. The lowest BCUT2D eigenvalue weighted by molar-refractivity contribution is 0.0405. The number of carbonyl (C=O) groups is 1. The lowest BCUT2D eigenvalue weighted by Crippen LogP contribution is -2.41. The lowest BCUT2D eigenvalue weighted by Gasteiger charge is -2.28. The molecule has 6 rings (SSSR count). The third-order valence-electron chi connectivity index (χ3n) is 8.69. The van der Waals surface area contributed by atoms with Crippen LogP contribution in [0.2, 0.25) is 0 Å². The van der Waals surface area contributed by atoms with Crippen molar-refractivity contribution in [3.8, 4) is 17.0 Å². The average Bonchev–Trinajstić information content (AvgIpc) is 3.36. The van der Waals surface area contributed by atoms with E-state index in [2.05, 4.69) is 46.3 Å². The summed E-state index contributed by atoms with van der Waals surface area (Å²) in [5, 5.41) is 4.90. The first-order valence-electron chi connectivity index (χ1n) is 15.6. The van der Waals surface area contributed by atoms with Crippen molar-refractivity contribution in [2.75, 3.05) is 40.1 Å². The number of fused-ring (bicyclic) bond motifs is 5. The molecule has 43 heavy (non-hydrogen) atoms. The normalized spacial score (nSPS) is 17.0. The van der Waals surface area contributed by atoms with Crippen molar-refractivity contribution >= 4 is 16.9 Å². The molecule has 4 aromatic rings. The van der Waals surface area contributed by atoms with E-state index in [1.807, 2.05) is 36.4 Å². The van der Waals surface area contributed by atoms with Gasteiger partial charge in [0, 0.05) is 29.6 Å². The van der Waals surface area contributed by atoms with Crippen LogP contribution in [-0.2, 0) is 27.4 Å². The van der Waals surface area contributed by atoms with Crippen LogP contribution in [0.15, 0.2) is 72.8 Å². The van der Waals surface area contributed by atoms with Crippen molar-refractivity contribution in [2.45, 2.75) is 57.2 Å². The van der Waals surface area contributed by atoms with Gasteiger partial charge in [-0.15, -0.1) is 0 Å². The van der Waals surface area contributed by atoms with Gasteiger partial charge in [-0.3, -0.25) is 0 Å². The summed E-state index contributed by atoms with van der Waals surface area (Å²) in [4.78, 5) is 12.6. The quantitative estimate of drug-likeness (QED) is 0.156. The number of hydrogen-bond acceptors (Lipinski definition) is 6. The Morgan fingerprint density at radius 3 is 2.56 bits per heavy atom. The van der Waals surface area contributed by atoms with Gasteiger partial charge < -0.3 is 28.8 Å². The van der Waals surface area contributed by atoms with E-state index in [1.165, 1.54) is 55.9 Å². The van der Waals surface area contributed by atoms with Crippen LogP contribution in [0.3, 0.4) is 0 Å². The van der Waals surface area contributed by atoms with E-state index in [4.69, 9.17) is 18.9 Å². The van der Waals surface area contributed by atoms with Crippen LogP contribution in [-0.4, -0.2) is 56.7 Å². The van der Waals surface area contributed by atoms with Gasteiger partial charge in [0.2, 0.25) is 0 Å². The Bertz CT molecular complexity index is 1510. The number of nitrogens with one attached hydrogen (secondary N) is 1. The third-order valence-corrected chi connectivity index (χ3v) is 8.69. The van der Waals surface area contributed by atoms with Crippen LogP contribution < -0.4 is 10.1 Å². The summed E-state index contributed by atoms with van der Waals surface area (Å²) in [6.45, 7) is 4.24. The second-order valence-corrected chi connectivity index (χ2v) is 11.5. The largest absolute Gasteiger partial charge is 0.491 e. The molecule has 1 aliphatic carbocycles. The van der Waals surface area contributed by atoms with Crippen LogP contribution in [0.5, 0.6) is 5.75 Å². The maximum Gasteiger partial charge on any atom is 0.337 e. The molecule has 1 fully saturated rings. The monoisotopic (exact) mass is 582 g/mol. The summed E-state index contributed by atoms with van der Waals surface area (Å²) in [7, 11) is 1.44. The molecule has 0 saturated heterocycles. The molecule has 0 amide bonds. The van der Waals surface area contributed by atoms with Crippen molar-refractivity contribution < 1.29 is 23.7 Å². The molecule has 0 unspecified atom stereocenters. The van der Waals surface area contributed by atoms with E-state index in [0.717, 1.165) is 28.9 Å². The molecule has 1 N–H and O–H groups in total. The number of nitrogens with zero attached hydrogens (tertiary/aromatic N) is 1. The Balaban J connectivity index is 1.21. The number of rotatable bonds is 11. The first-order chi connectivity index (χ1) is 21.2. The molecule has 1 atom stereocenters. The first-order valence-corrected chi connectivity index (χ1v) is 15.6. The summed E-state index contributed by atoms with van der Waals surface area (Å²) < 4.78 is 25.6. The number of aromatic nitrogens is 1. The highest BCUT2D eigenvalue weighted by molar-refractivity contribution is 5.99. The SMILES string of the molecule is COC(=O)c1ccc2c(C3CCCCC3)c3n(c2c1)C[C@@H](NCCOCCOCc1ccccc1)COc1ccccc1-3. The summed E-state index contributed by atoms with van der Waals surface area (Å²) in [5.74, 6) is 1.06. The van der Waals surface area contributed by atoms with E-state index in [-0.39, 0.29) is 12.0 Å². The van der Waals surface area contributed by atoms with Gasteiger partial charge in [0.25, 0.3) is 0 Å². The highest BCUT2D eigenvalue weighted by Gasteiger charge is 2.30. The van der Waals surface area contributed by atoms with Crippen molar-refractivity contribution in [3.63, 3.8) is 0 Å². The number of carbonyl (C=O) groups excluding carboxylic acids is 1. The topological polar surface area (TPSA) is 71.0 Å². The van der Waals surface area contributed by atoms with Gasteiger partial charge in [0.05, 0.1) is 50.8 Å². The van der Waals surface area contributed by atoms with Gasteiger partial charge in [0.15, 0.2) is 0 Å². The van der Waals surface area contributed by atoms with E-state index in [0.29, 0.717) is 51.1 Å². The molecule has 7 heteroatoms. The molecule has 1 aliphatic heterocycles. The molecule has 2 heterocycles. The molecule has 0 spiro atoms. The zero-order chi connectivity index (χ0) is 29.4. The van der Waals surface area contributed by atoms with E-state index >= 15 is 0 Å². The zero-order valence-electron chi connectivity index (χ0n) is 25.1. The van der Waals surface area contributed by atoms with Gasteiger partial charge >= 0.3 is 5.97 Å². The Kier molecular flexibility index (Phi) is 9.73. The fourth-order valence-corrected chi connectivity index (χ4v) is 6.60. The maximum atomic E-state index is 12.6. The minimum atomic E-state index is -0.314. The summed E-state index contributed by atoms with van der Waals surface area (Å²) in [6, 6.07) is 24.7. The fraction of sp³-hybridized carbons (Fsp3) is 0.417. The molecule has 226 valence electrons. The number of para-hydroxylation sites is 1. The molecule has 1 aromatic heterocycles. The highest BCUT2D eigenvalue weighted by atomic mass is 16.5. The molecule has 2 aliphatic rings. The van der Waals surface area contributed by atoms with Gasteiger partial charge in [-0.1, -0.05) is 67.8 Å². The molecule has 0 radical (unpaired) electrons. The summed E-state index contributed by atoms with van der Waals surface area (Å²) in [6.07, 6.45) is 6.15. The highest BCUT2D eigenvalue weighted by Crippen LogP contribution is 2.47. The predicted molar refractivity (Wildman–Crippen MR) is 169 cm³/mol. The molecular weight excluding hydrogens is 540 g/mol. The number of benzene rings is 3. The van der Waals surface area contributed by atoms with Crippen LogP contribution in [0.25, 0.3) is 22.2 Å². The third kappa shape index (κ3) is 6.80. The first kappa shape index (κ1) is 29.4. The number of methoxy groups -OCH3 is 1. The van der Waals surface area contributed by atoms with Crippen molar-refractivity contribution in [1.29, 1.82) is 0 Å². The standard InChI is InChI=1S/C36H42N2O5/c1-40-36(39)28-16-17-30-32(22-28)38-23-29(37-18-19-41-20-21-42-24-26-10-4-2-5-11-26)25-43-33-15-9-8-14-31(33)35(38)34(30)27-12-6-3-7-13-27/h2,4-5,8-11,14-17,22,27,29,37H,3,6-7,12-13,18-21,23-25H2,1H3/t29-/m1/s1. The number of hydrogen-bond donors (Lipinski definition) is 1. The van der Waals surface area contributed by atoms with Gasteiger partial charge in [-0.2, -0.15) is 0 Å². The minimum Gasteiger partial charge on any atom is -0.491 e. The molecule has 3 aromatic carbocycles. The average molecular weight is 583 g/mol. The second-order valence-electron chi connectivity index (χ2n) is 11.5. The fourth-order valence-electron chi connectivity index (χ4n) is 6.60. The van der Waals surface area contributed by atoms with E-state index in [9.17, 15) is 4.79 Å². The van der Waals surface area contributed by atoms with Crippen molar-refractivity contribution in [1.82, 2.24) is 9.88 Å². The van der Waals surface area contributed by atoms with Gasteiger partial charge in [-0.25, -0.2) is 4.79 Å². The Labute approximate surface area is 254 Å². The van der Waals surface area contributed by atoms with Crippen LogP contribution in [0.4, 0.5) is 0 Å². The van der Waals surface area contributed by atoms with Crippen LogP contribution in [0, 0.1) is 0 Å². The Morgan fingerprint density at radius 2 is 1.72 bits per heavy atom. The van der Waals surface area contributed by atoms with E-state index in [1.54, 1.807) is 0 Å². The summed E-state index contributed by atoms with van der Waals surface area (Å²) in [5.41, 5.74) is 6.55. The predicted octanol–water partition coefficient (Wildman–Crippen LogP) is 6.73. The molecule has 7 nitrogen and oxygen atoms in total. The number of esters is 1. The van der Waals surface area contributed by atoms with E-state index < -0.39 is 0 Å². The number of ether oxygens (including phenoxy) is 4. The minimum absolute atomic E-state index is 0.0571. The van der Waals surface area contributed by atoms with Crippen molar-refractivity contribution in [2.24, 2.45) is 0 Å². The Hall–Kier alpha value is -3.65. The summed E-state index contributed by atoms with van der Waals surface area (Å²) >= 11 is 0. The maximum absolute atomic E-state index is 12.6. The van der Waals surface area contributed by atoms with Crippen LogP contribution >= 0.6 is 0 Å². The van der Waals surface area contributed by atoms with Gasteiger partial charge in [-0.05, 0) is 54.2 Å². The molecule has 1 saturated carbocycles. The van der Waals surface area contributed by atoms with Crippen LogP contribution in [0.1, 0.15) is 59.5 Å². The van der Waals surface area contributed by atoms with Gasteiger partial charge in [0.1, 0.15) is 12.4 Å².